The highest BCUT2D eigenvalue weighted by molar-refractivity contribution is 7.90. The van der Waals surface area contributed by atoms with E-state index in [4.69, 9.17) is 0 Å². The monoisotopic (exact) mass is 315 g/mol. The van der Waals surface area contributed by atoms with Crippen molar-refractivity contribution in [1.82, 2.24) is 0 Å². The van der Waals surface area contributed by atoms with Gasteiger partial charge in [-0.2, -0.15) is 8.42 Å². The normalized spacial score (nSPS) is 15.2. The Morgan fingerprint density at radius 1 is 1.05 bits per heavy atom. The summed E-state index contributed by atoms with van der Waals surface area (Å²) in [7, 11) is -3.76. The van der Waals surface area contributed by atoms with Crippen LogP contribution in [0.25, 0.3) is 0 Å². The Morgan fingerprint density at radius 2 is 1.73 bits per heavy atom. The number of carbonyl (C=O) groups is 1. The fourth-order valence-corrected chi connectivity index (χ4v) is 3.27. The number of fused-ring (bicyclic) bond motifs is 1. The lowest BCUT2D eigenvalue weighted by atomic mass is 10.2. The number of carbonyl (C=O) groups excluding carboxylic acids is 1. The van der Waals surface area contributed by atoms with E-state index in [1.807, 2.05) is 6.07 Å². The van der Waals surface area contributed by atoms with Gasteiger partial charge in [0.2, 0.25) is 5.91 Å². The Morgan fingerprint density at radius 3 is 2.50 bits per heavy atom. The number of amides is 1. The minimum atomic E-state index is -3.76. The second-order valence-corrected chi connectivity index (χ2v) is 6.30. The van der Waals surface area contributed by atoms with Crippen LogP contribution in [0, 0.1) is 0 Å². The van der Waals surface area contributed by atoms with Crippen molar-refractivity contribution in [3.8, 4) is 0 Å². The Labute approximate surface area is 127 Å². The summed E-state index contributed by atoms with van der Waals surface area (Å²) >= 11 is 0. The van der Waals surface area contributed by atoms with Gasteiger partial charge in [-0.05, 0) is 24.3 Å². The molecule has 0 saturated heterocycles. The van der Waals surface area contributed by atoms with Gasteiger partial charge in [-0.1, -0.05) is 30.3 Å². The van der Waals surface area contributed by atoms with Crippen molar-refractivity contribution in [2.45, 2.75) is 11.3 Å². The van der Waals surface area contributed by atoms with Crippen molar-refractivity contribution < 1.29 is 13.2 Å². The summed E-state index contributed by atoms with van der Waals surface area (Å²) in [5, 5.41) is 5.57. The molecule has 2 aromatic carbocycles. The third-order valence-corrected chi connectivity index (χ3v) is 4.43. The zero-order valence-corrected chi connectivity index (χ0v) is 12.3. The lowest BCUT2D eigenvalue weighted by molar-refractivity contribution is -0.115. The van der Waals surface area contributed by atoms with Gasteiger partial charge in [-0.15, -0.1) is 4.40 Å². The highest BCUT2D eigenvalue weighted by Gasteiger charge is 2.25. The van der Waals surface area contributed by atoms with E-state index < -0.39 is 10.0 Å². The number of para-hydroxylation sites is 2. The third-order valence-electron chi connectivity index (χ3n) is 3.06. The van der Waals surface area contributed by atoms with Crippen LogP contribution in [0.2, 0.25) is 0 Å². The van der Waals surface area contributed by atoms with E-state index in [9.17, 15) is 13.2 Å². The number of hydrogen-bond donors (Lipinski definition) is 2. The quantitative estimate of drug-likeness (QED) is 0.909. The van der Waals surface area contributed by atoms with Crippen LogP contribution in [0.1, 0.15) is 6.42 Å². The molecule has 22 heavy (non-hydrogen) atoms. The lowest BCUT2D eigenvalue weighted by Crippen LogP contribution is -2.26. The van der Waals surface area contributed by atoms with Crippen molar-refractivity contribution in [1.29, 1.82) is 0 Å². The van der Waals surface area contributed by atoms with Gasteiger partial charge in [0.1, 0.15) is 10.7 Å². The number of rotatable bonds is 3. The highest BCUT2D eigenvalue weighted by atomic mass is 32.2. The van der Waals surface area contributed by atoms with Gasteiger partial charge in [0.15, 0.2) is 0 Å². The van der Waals surface area contributed by atoms with Crippen LogP contribution in [-0.4, -0.2) is 20.2 Å². The Hall–Kier alpha value is -2.67. The molecule has 1 amide bonds. The van der Waals surface area contributed by atoms with Crippen LogP contribution in [0.5, 0.6) is 0 Å². The fraction of sp³-hybridized carbons (Fsp3) is 0.0667. The summed E-state index contributed by atoms with van der Waals surface area (Å²) in [6.45, 7) is 0. The van der Waals surface area contributed by atoms with Gasteiger partial charge >= 0.3 is 0 Å². The molecule has 2 N–H and O–H groups in total. The van der Waals surface area contributed by atoms with Crippen LogP contribution in [0.3, 0.4) is 0 Å². The van der Waals surface area contributed by atoms with Crippen molar-refractivity contribution in [2.75, 3.05) is 10.6 Å². The average molecular weight is 315 g/mol. The number of benzene rings is 2. The molecule has 1 aliphatic rings. The molecule has 2 aromatic rings. The minimum absolute atomic E-state index is 0.104. The number of hydrogen-bond acceptors (Lipinski definition) is 4. The van der Waals surface area contributed by atoms with Gasteiger partial charge in [0.25, 0.3) is 10.0 Å². The van der Waals surface area contributed by atoms with E-state index in [-0.39, 0.29) is 23.1 Å². The van der Waals surface area contributed by atoms with E-state index in [0.717, 1.165) is 0 Å². The topological polar surface area (TPSA) is 87.6 Å². The number of sulfonamides is 1. The third kappa shape index (κ3) is 2.99. The maximum absolute atomic E-state index is 12.1. The van der Waals surface area contributed by atoms with E-state index >= 15 is 0 Å². The molecule has 0 spiro atoms. The minimum Gasteiger partial charge on any atom is -0.341 e. The molecule has 0 saturated carbocycles. The van der Waals surface area contributed by atoms with Crippen LogP contribution in [-0.2, 0) is 14.8 Å². The number of amidine groups is 1. The summed E-state index contributed by atoms with van der Waals surface area (Å²) in [6.07, 6.45) is -0.150. The molecule has 0 bridgehead atoms. The van der Waals surface area contributed by atoms with Gasteiger partial charge in [0.05, 0.1) is 12.1 Å². The maximum Gasteiger partial charge on any atom is 0.286 e. The zero-order valence-electron chi connectivity index (χ0n) is 11.5. The van der Waals surface area contributed by atoms with E-state index in [1.165, 1.54) is 6.07 Å². The second-order valence-electron chi connectivity index (χ2n) is 4.73. The average Bonchev–Trinajstić information content (AvgIpc) is 2.47. The first-order chi connectivity index (χ1) is 10.5. The highest BCUT2D eigenvalue weighted by Crippen LogP contribution is 2.27. The van der Waals surface area contributed by atoms with E-state index in [2.05, 4.69) is 15.0 Å². The van der Waals surface area contributed by atoms with Crippen molar-refractivity contribution >= 4 is 33.1 Å². The molecule has 0 radical (unpaired) electrons. The largest absolute Gasteiger partial charge is 0.341 e. The molecular weight excluding hydrogens is 302 g/mol. The van der Waals surface area contributed by atoms with E-state index in [1.54, 1.807) is 42.5 Å². The molecule has 0 aliphatic carbocycles. The first-order valence-electron chi connectivity index (χ1n) is 6.59. The standard InChI is InChI=1S/C15H13N3O3S/c19-15(16-11-6-2-1-3-7-11)10-14-17-12-8-4-5-9-13(12)22(20,21)18-14/h1-9H,10H2,(H,16,19)(H,17,18). The predicted molar refractivity (Wildman–Crippen MR) is 84.4 cm³/mol. The fourth-order valence-electron chi connectivity index (χ4n) is 2.12. The Kier molecular flexibility index (Phi) is 3.64. The van der Waals surface area contributed by atoms with Gasteiger partial charge in [-0.25, -0.2) is 0 Å². The molecule has 7 heteroatoms. The van der Waals surface area contributed by atoms with Crippen molar-refractivity contribution in [3.63, 3.8) is 0 Å². The maximum atomic E-state index is 12.1. The summed E-state index contributed by atoms with van der Waals surface area (Å²) in [5.74, 6) is -0.237. The van der Waals surface area contributed by atoms with Crippen molar-refractivity contribution in [2.24, 2.45) is 4.40 Å². The molecule has 6 nitrogen and oxygen atoms in total. The number of anilines is 2. The molecule has 3 rings (SSSR count). The molecule has 0 fully saturated rings. The summed E-state index contributed by atoms with van der Waals surface area (Å²) in [6, 6.07) is 15.4. The van der Waals surface area contributed by atoms with E-state index in [0.29, 0.717) is 11.4 Å². The summed E-state index contributed by atoms with van der Waals surface area (Å²) in [5.41, 5.74) is 1.08. The molecule has 0 atom stereocenters. The smallest absolute Gasteiger partial charge is 0.286 e. The Balaban J connectivity index is 1.77. The zero-order chi connectivity index (χ0) is 15.6. The number of nitrogens with one attached hydrogen (secondary N) is 2. The van der Waals surface area contributed by atoms with Gasteiger partial charge < -0.3 is 10.6 Å². The van der Waals surface area contributed by atoms with Gasteiger partial charge in [0, 0.05) is 5.69 Å². The van der Waals surface area contributed by atoms with Crippen LogP contribution in [0.15, 0.2) is 63.9 Å². The first kappa shape index (κ1) is 14.3. The van der Waals surface area contributed by atoms with Crippen molar-refractivity contribution in [3.05, 3.63) is 54.6 Å². The van der Waals surface area contributed by atoms with Crippen LogP contribution in [0.4, 0.5) is 11.4 Å². The van der Waals surface area contributed by atoms with Crippen LogP contribution >= 0.6 is 0 Å². The molecular formula is C15H13N3O3S. The second kappa shape index (κ2) is 5.61. The summed E-state index contributed by atoms with van der Waals surface area (Å²) in [4.78, 5) is 12.1. The Bertz CT molecular complexity index is 845. The predicted octanol–water partition coefficient (Wildman–Crippen LogP) is 2.23. The lowest BCUT2D eigenvalue weighted by Gasteiger charge is -2.17. The van der Waals surface area contributed by atoms with Gasteiger partial charge in [-0.3, -0.25) is 4.79 Å². The SMILES string of the molecule is O=C(CC1=NS(=O)(=O)c2ccccc2N1)Nc1ccccc1. The molecule has 1 heterocycles. The molecule has 0 unspecified atom stereocenters. The first-order valence-corrected chi connectivity index (χ1v) is 8.03. The number of nitrogens with zero attached hydrogens (tertiary/aromatic N) is 1. The summed E-state index contributed by atoms with van der Waals surface area (Å²) < 4.78 is 27.8. The molecule has 0 aromatic heterocycles. The van der Waals surface area contributed by atoms with Crippen LogP contribution < -0.4 is 10.6 Å². The molecule has 112 valence electrons. The molecule has 1 aliphatic heterocycles.